The summed E-state index contributed by atoms with van der Waals surface area (Å²) in [7, 11) is 0. The Balaban J connectivity index is 1.30. The molecule has 2 atom stereocenters. The van der Waals surface area contributed by atoms with E-state index in [-0.39, 0.29) is 12.1 Å². The maximum absolute atomic E-state index is 12.9. The molecule has 34 heavy (non-hydrogen) atoms. The number of cyclic esters (lactones) is 1. The molecule has 1 saturated carbocycles. The molecule has 0 bridgehead atoms. The number of amides is 1. The lowest BCUT2D eigenvalue weighted by atomic mass is 10.1. The first-order valence-corrected chi connectivity index (χ1v) is 10.8. The van der Waals surface area contributed by atoms with Crippen molar-refractivity contribution in [3.63, 3.8) is 0 Å². The second kappa shape index (κ2) is 8.54. The number of hydrogen-bond donors (Lipinski definition) is 1. The van der Waals surface area contributed by atoms with Crippen molar-refractivity contribution in [2.45, 2.75) is 38.0 Å². The topological polar surface area (TPSA) is 93.1 Å². The minimum Gasteiger partial charge on any atom is -0.447 e. The van der Waals surface area contributed by atoms with Crippen molar-refractivity contribution < 1.29 is 22.7 Å². The number of alkyl halides is 3. The predicted molar refractivity (Wildman–Crippen MR) is 117 cm³/mol. The van der Waals surface area contributed by atoms with Gasteiger partial charge >= 0.3 is 12.3 Å². The molecular formula is C23H21F3N6O2. The summed E-state index contributed by atoms with van der Waals surface area (Å²) in [5, 5.41) is 3.16. The van der Waals surface area contributed by atoms with Crippen LogP contribution in [0.3, 0.4) is 0 Å². The third-order valence-corrected chi connectivity index (χ3v) is 5.92. The Hall–Kier alpha value is -3.76. The van der Waals surface area contributed by atoms with Crippen molar-refractivity contribution in [3.8, 4) is 11.1 Å². The van der Waals surface area contributed by atoms with Crippen LogP contribution in [-0.4, -0.2) is 38.7 Å². The summed E-state index contributed by atoms with van der Waals surface area (Å²) in [6, 6.07) is 7.31. The van der Waals surface area contributed by atoms with Gasteiger partial charge in [0, 0.05) is 24.2 Å². The van der Waals surface area contributed by atoms with Gasteiger partial charge in [0.15, 0.2) is 0 Å². The van der Waals surface area contributed by atoms with Crippen LogP contribution >= 0.6 is 0 Å². The molecule has 0 aromatic carbocycles. The van der Waals surface area contributed by atoms with Crippen molar-refractivity contribution >= 4 is 17.9 Å². The molecule has 0 spiro atoms. The van der Waals surface area contributed by atoms with Crippen LogP contribution in [0.25, 0.3) is 11.1 Å². The monoisotopic (exact) mass is 470 g/mol. The van der Waals surface area contributed by atoms with E-state index in [1.807, 2.05) is 6.92 Å². The van der Waals surface area contributed by atoms with E-state index >= 15 is 0 Å². The van der Waals surface area contributed by atoms with Gasteiger partial charge in [0.05, 0.1) is 17.8 Å². The van der Waals surface area contributed by atoms with Crippen molar-refractivity contribution in [1.82, 2.24) is 19.9 Å². The van der Waals surface area contributed by atoms with Crippen LogP contribution < -0.4 is 10.2 Å². The van der Waals surface area contributed by atoms with E-state index in [1.165, 1.54) is 12.3 Å². The lowest BCUT2D eigenvalue weighted by Gasteiger charge is -2.21. The van der Waals surface area contributed by atoms with Gasteiger partial charge in [-0.15, -0.1) is 0 Å². The van der Waals surface area contributed by atoms with Crippen molar-refractivity contribution in [2.75, 3.05) is 16.8 Å². The average Bonchev–Trinajstić information content (AvgIpc) is 3.60. The van der Waals surface area contributed by atoms with Gasteiger partial charge in [-0.05, 0) is 55.5 Å². The number of halogens is 3. The van der Waals surface area contributed by atoms with E-state index in [4.69, 9.17) is 4.74 Å². The summed E-state index contributed by atoms with van der Waals surface area (Å²) in [5.41, 5.74) is 0.618. The number of pyridine rings is 2. The van der Waals surface area contributed by atoms with Gasteiger partial charge in [0.1, 0.15) is 18.1 Å². The van der Waals surface area contributed by atoms with Gasteiger partial charge in [-0.3, -0.25) is 14.9 Å². The molecule has 0 radical (unpaired) electrons. The maximum atomic E-state index is 12.9. The molecule has 3 aromatic heterocycles. The first-order valence-electron chi connectivity index (χ1n) is 10.8. The van der Waals surface area contributed by atoms with Crippen LogP contribution in [0.4, 0.5) is 29.7 Å². The normalized spacial score (nSPS) is 19.1. The molecule has 176 valence electrons. The summed E-state index contributed by atoms with van der Waals surface area (Å²) in [5.74, 6) is 1.24. The molecule has 11 heteroatoms. The van der Waals surface area contributed by atoms with Gasteiger partial charge < -0.3 is 10.1 Å². The highest BCUT2D eigenvalue weighted by atomic mass is 19.4. The molecule has 1 aliphatic heterocycles. The first kappa shape index (κ1) is 22.1. The summed E-state index contributed by atoms with van der Waals surface area (Å²) >= 11 is 0. The molecule has 8 nitrogen and oxygen atoms in total. The average molecular weight is 470 g/mol. The van der Waals surface area contributed by atoms with Gasteiger partial charge in [0.2, 0.25) is 5.95 Å². The van der Waals surface area contributed by atoms with Gasteiger partial charge in [-0.2, -0.15) is 18.2 Å². The summed E-state index contributed by atoms with van der Waals surface area (Å²) in [6.45, 7) is 2.23. The summed E-state index contributed by atoms with van der Waals surface area (Å²) in [4.78, 5) is 30.3. The minimum atomic E-state index is -4.51. The van der Waals surface area contributed by atoms with Crippen molar-refractivity contribution in [2.24, 2.45) is 5.92 Å². The standard InChI is InChI=1S/C23H21F3N6O2/c1-13(17-5-4-16(11-29-17)15-6-8-27-19(10-15)23(24,25)26)30-21-28-9-7-20(31-21)32-18(14-2-3-14)12-34-22(32)33/h4-11,13-14,18H,2-3,12H2,1H3,(H,28,30,31)/t13-,18+/m0/s1. The number of nitrogens with one attached hydrogen (secondary N) is 1. The van der Waals surface area contributed by atoms with Crippen LogP contribution in [0.2, 0.25) is 0 Å². The molecule has 5 rings (SSSR count). The Morgan fingerprint density at radius 1 is 1.09 bits per heavy atom. The number of ether oxygens (including phenoxy) is 1. The number of rotatable bonds is 6. The van der Waals surface area contributed by atoms with Crippen LogP contribution in [0.5, 0.6) is 0 Å². The number of carbonyl (C=O) groups excluding carboxylic acids is 1. The van der Waals surface area contributed by atoms with E-state index in [0.29, 0.717) is 41.1 Å². The third kappa shape index (κ3) is 4.50. The van der Waals surface area contributed by atoms with Crippen LogP contribution in [0, 0.1) is 5.92 Å². The van der Waals surface area contributed by atoms with Crippen molar-refractivity contribution in [1.29, 1.82) is 0 Å². The minimum absolute atomic E-state index is 0.00654. The Morgan fingerprint density at radius 3 is 2.59 bits per heavy atom. The van der Waals surface area contributed by atoms with E-state index in [0.717, 1.165) is 25.1 Å². The number of carbonyl (C=O) groups is 1. The SMILES string of the molecule is C[C@H](Nc1nccc(N2C(=O)OC[C@@H]2C2CC2)n1)c1ccc(-c2ccnc(C(F)(F)F)c2)cn1. The van der Waals surface area contributed by atoms with E-state index in [2.05, 4.69) is 25.3 Å². The molecule has 1 aliphatic carbocycles. The smallest absolute Gasteiger partial charge is 0.433 e. The van der Waals surface area contributed by atoms with Gasteiger partial charge in [-0.25, -0.2) is 9.78 Å². The Labute approximate surface area is 193 Å². The molecule has 1 amide bonds. The second-order valence-electron chi connectivity index (χ2n) is 8.36. The fraction of sp³-hybridized carbons (Fsp3) is 0.348. The van der Waals surface area contributed by atoms with Gasteiger partial charge in [-0.1, -0.05) is 6.07 Å². The quantitative estimate of drug-likeness (QED) is 0.550. The highest BCUT2D eigenvalue weighted by Crippen LogP contribution is 2.39. The fourth-order valence-electron chi connectivity index (χ4n) is 3.95. The fourth-order valence-corrected chi connectivity index (χ4v) is 3.95. The predicted octanol–water partition coefficient (Wildman–Crippen LogP) is 4.86. The lowest BCUT2D eigenvalue weighted by molar-refractivity contribution is -0.141. The number of nitrogens with zero attached hydrogens (tertiary/aromatic N) is 5. The first-order chi connectivity index (χ1) is 16.3. The molecule has 0 unspecified atom stereocenters. The third-order valence-electron chi connectivity index (χ3n) is 5.92. The molecule has 4 heterocycles. The summed E-state index contributed by atoms with van der Waals surface area (Å²) in [6.07, 6.45) is 1.45. The maximum Gasteiger partial charge on any atom is 0.433 e. The molecule has 3 aromatic rings. The summed E-state index contributed by atoms with van der Waals surface area (Å²) < 4.78 is 44.1. The Morgan fingerprint density at radius 2 is 1.88 bits per heavy atom. The zero-order valence-corrected chi connectivity index (χ0v) is 18.2. The van der Waals surface area contributed by atoms with Crippen LogP contribution in [0.15, 0.2) is 48.9 Å². The highest BCUT2D eigenvalue weighted by Gasteiger charge is 2.44. The Bertz CT molecular complexity index is 1200. The molecular weight excluding hydrogens is 449 g/mol. The highest BCUT2D eigenvalue weighted by molar-refractivity contribution is 5.89. The number of aromatic nitrogens is 4. The van der Waals surface area contributed by atoms with Crippen molar-refractivity contribution in [3.05, 3.63) is 60.3 Å². The molecule has 1 N–H and O–H groups in total. The number of hydrogen-bond acceptors (Lipinski definition) is 7. The molecule has 2 aliphatic rings. The second-order valence-corrected chi connectivity index (χ2v) is 8.36. The van der Waals surface area contributed by atoms with Gasteiger partial charge in [0.25, 0.3) is 0 Å². The van der Waals surface area contributed by atoms with E-state index < -0.39 is 18.0 Å². The Kier molecular flexibility index (Phi) is 5.54. The molecule has 2 fully saturated rings. The number of anilines is 2. The van der Waals surface area contributed by atoms with E-state index in [1.54, 1.807) is 29.3 Å². The lowest BCUT2D eigenvalue weighted by Crippen LogP contribution is -2.35. The van der Waals surface area contributed by atoms with Crippen LogP contribution in [-0.2, 0) is 10.9 Å². The molecule has 1 saturated heterocycles. The zero-order chi connectivity index (χ0) is 23.9. The van der Waals surface area contributed by atoms with Crippen LogP contribution in [0.1, 0.15) is 37.2 Å². The largest absolute Gasteiger partial charge is 0.447 e. The van der Waals surface area contributed by atoms with E-state index in [9.17, 15) is 18.0 Å². The zero-order valence-electron chi connectivity index (χ0n) is 18.2.